The van der Waals surface area contributed by atoms with E-state index in [1.54, 1.807) is 0 Å². The van der Waals surface area contributed by atoms with Gasteiger partial charge in [0, 0.05) is 11.8 Å². The van der Waals surface area contributed by atoms with E-state index in [-0.39, 0.29) is 0 Å². The summed E-state index contributed by atoms with van der Waals surface area (Å²) >= 11 is 0. The van der Waals surface area contributed by atoms with Gasteiger partial charge in [-0.15, -0.1) is 0 Å². The molecule has 2 aromatic rings. The molecular weight excluding hydrogens is 172 g/mol. The molecule has 74 valence electrons. The molecule has 0 atom stereocenters. The lowest BCUT2D eigenvalue weighted by molar-refractivity contribution is 0.544. The molecule has 0 bridgehead atoms. The minimum Gasteiger partial charge on any atom is -0.461 e. The van der Waals surface area contributed by atoms with Crippen LogP contribution in [0.4, 0.5) is 0 Å². The molecule has 1 aromatic carbocycles. The zero-order chi connectivity index (χ0) is 9.97. The van der Waals surface area contributed by atoms with Gasteiger partial charge in [0.25, 0.3) is 0 Å². The lowest BCUT2D eigenvalue weighted by Gasteiger charge is -1.94. The van der Waals surface area contributed by atoms with Crippen molar-refractivity contribution in [2.75, 3.05) is 0 Å². The summed E-state index contributed by atoms with van der Waals surface area (Å²) in [6.07, 6.45) is 3.25. The normalized spacial score (nSPS) is 11.0. The summed E-state index contributed by atoms with van der Waals surface area (Å²) in [5.74, 6) is 1.11. The largest absolute Gasteiger partial charge is 0.461 e. The molecular formula is C13H16O. The number of benzene rings is 1. The Kier molecular flexibility index (Phi) is 2.58. The van der Waals surface area contributed by atoms with E-state index in [0.29, 0.717) is 0 Å². The van der Waals surface area contributed by atoms with Crippen LogP contribution in [0.15, 0.2) is 28.7 Å². The molecule has 0 radical (unpaired) electrons. The van der Waals surface area contributed by atoms with Crippen LogP contribution in [0.3, 0.4) is 0 Å². The van der Waals surface area contributed by atoms with Gasteiger partial charge >= 0.3 is 0 Å². The summed E-state index contributed by atoms with van der Waals surface area (Å²) in [5.41, 5.74) is 2.38. The van der Waals surface area contributed by atoms with Gasteiger partial charge in [0.1, 0.15) is 11.3 Å². The highest BCUT2D eigenvalue weighted by Gasteiger charge is 2.02. The van der Waals surface area contributed by atoms with E-state index in [1.807, 2.05) is 0 Å². The summed E-state index contributed by atoms with van der Waals surface area (Å²) in [6, 6.07) is 8.62. The molecule has 1 heterocycles. The number of hydrogen-bond acceptors (Lipinski definition) is 1. The first-order valence-corrected chi connectivity index (χ1v) is 5.34. The standard InChI is InChI=1S/C13H16O/c1-3-5-12-9-11-7-6-10(4-2)8-13(11)14-12/h6-9H,3-5H2,1-2H3. The topological polar surface area (TPSA) is 13.1 Å². The second-order valence-electron chi connectivity index (χ2n) is 3.69. The highest BCUT2D eigenvalue weighted by Crippen LogP contribution is 2.21. The number of hydrogen-bond donors (Lipinski definition) is 0. The lowest BCUT2D eigenvalue weighted by atomic mass is 10.1. The molecule has 0 fully saturated rings. The van der Waals surface area contributed by atoms with Gasteiger partial charge in [0.05, 0.1) is 0 Å². The van der Waals surface area contributed by atoms with Crippen LogP contribution in [0.1, 0.15) is 31.6 Å². The number of aryl methyl sites for hydroxylation is 2. The van der Waals surface area contributed by atoms with Gasteiger partial charge in [-0.2, -0.15) is 0 Å². The van der Waals surface area contributed by atoms with Crippen LogP contribution < -0.4 is 0 Å². The predicted molar refractivity (Wildman–Crippen MR) is 59.6 cm³/mol. The predicted octanol–water partition coefficient (Wildman–Crippen LogP) is 3.95. The van der Waals surface area contributed by atoms with Crippen LogP contribution in [0.2, 0.25) is 0 Å². The summed E-state index contributed by atoms with van der Waals surface area (Å²) in [7, 11) is 0. The third-order valence-electron chi connectivity index (χ3n) is 2.54. The Labute approximate surface area is 84.7 Å². The smallest absolute Gasteiger partial charge is 0.134 e. The van der Waals surface area contributed by atoms with Crippen molar-refractivity contribution in [2.45, 2.75) is 33.1 Å². The van der Waals surface area contributed by atoms with E-state index in [9.17, 15) is 0 Å². The minimum absolute atomic E-state index is 1.04. The molecule has 0 amide bonds. The molecule has 0 aliphatic heterocycles. The molecule has 14 heavy (non-hydrogen) atoms. The molecule has 1 aromatic heterocycles. The molecule has 0 N–H and O–H groups in total. The minimum atomic E-state index is 1.04. The summed E-state index contributed by atoms with van der Waals surface area (Å²) < 4.78 is 5.75. The van der Waals surface area contributed by atoms with Gasteiger partial charge in [-0.1, -0.05) is 26.0 Å². The average molecular weight is 188 g/mol. The SMILES string of the molecule is CCCc1cc2ccc(CC)cc2o1. The van der Waals surface area contributed by atoms with Gasteiger partial charge in [0.15, 0.2) is 0 Å². The Bertz CT molecular complexity index is 426. The second kappa shape index (κ2) is 3.87. The van der Waals surface area contributed by atoms with Crippen molar-refractivity contribution in [3.63, 3.8) is 0 Å². The van der Waals surface area contributed by atoms with Crippen molar-refractivity contribution >= 4 is 11.0 Å². The van der Waals surface area contributed by atoms with E-state index in [1.165, 1.54) is 10.9 Å². The lowest BCUT2D eigenvalue weighted by Crippen LogP contribution is -1.76. The first-order chi connectivity index (χ1) is 6.83. The number of fused-ring (bicyclic) bond motifs is 1. The van der Waals surface area contributed by atoms with Crippen molar-refractivity contribution in [3.8, 4) is 0 Å². The van der Waals surface area contributed by atoms with Crippen molar-refractivity contribution in [1.82, 2.24) is 0 Å². The quantitative estimate of drug-likeness (QED) is 0.710. The highest BCUT2D eigenvalue weighted by atomic mass is 16.3. The summed E-state index contributed by atoms with van der Waals surface area (Å²) in [6.45, 7) is 4.34. The van der Waals surface area contributed by atoms with E-state index in [4.69, 9.17) is 4.42 Å². The first kappa shape index (κ1) is 9.32. The molecule has 0 saturated carbocycles. The maximum atomic E-state index is 5.75. The Morgan fingerprint density at radius 2 is 2.00 bits per heavy atom. The molecule has 0 aliphatic rings. The van der Waals surface area contributed by atoms with Gasteiger partial charge in [-0.3, -0.25) is 0 Å². The van der Waals surface area contributed by atoms with Gasteiger partial charge in [-0.25, -0.2) is 0 Å². The summed E-state index contributed by atoms with van der Waals surface area (Å²) in [5, 5.41) is 1.23. The van der Waals surface area contributed by atoms with Gasteiger partial charge < -0.3 is 4.42 Å². The highest BCUT2D eigenvalue weighted by molar-refractivity contribution is 5.78. The van der Waals surface area contributed by atoms with Crippen LogP contribution >= 0.6 is 0 Å². The number of rotatable bonds is 3. The van der Waals surface area contributed by atoms with Crippen molar-refractivity contribution in [3.05, 3.63) is 35.6 Å². The first-order valence-electron chi connectivity index (χ1n) is 5.34. The molecule has 0 unspecified atom stereocenters. The molecule has 0 saturated heterocycles. The van der Waals surface area contributed by atoms with Crippen LogP contribution in [0, 0.1) is 0 Å². The van der Waals surface area contributed by atoms with Crippen LogP contribution in [-0.4, -0.2) is 0 Å². The Hall–Kier alpha value is -1.24. The zero-order valence-electron chi connectivity index (χ0n) is 8.84. The van der Waals surface area contributed by atoms with Crippen molar-refractivity contribution in [2.24, 2.45) is 0 Å². The Balaban J connectivity index is 2.43. The van der Waals surface area contributed by atoms with Gasteiger partial charge in [0.2, 0.25) is 0 Å². The molecule has 1 heteroatoms. The third kappa shape index (κ3) is 1.67. The molecule has 0 aliphatic carbocycles. The maximum Gasteiger partial charge on any atom is 0.134 e. The average Bonchev–Trinajstić information content (AvgIpc) is 2.59. The fourth-order valence-corrected chi connectivity index (χ4v) is 1.72. The van der Waals surface area contributed by atoms with E-state index in [0.717, 1.165) is 30.6 Å². The zero-order valence-corrected chi connectivity index (χ0v) is 8.84. The number of furan rings is 1. The van der Waals surface area contributed by atoms with E-state index in [2.05, 4.69) is 38.1 Å². The molecule has 2 rings (SSSR count). The van der Waals surface area contributed by atoms with Crippen LogP contribution in [-0.2, 0) is 12.8 Å². The van der Waals surface area contributed by atoms with Crippen LogP contribution in [0.25, 0.3) is 11.0 Å². The maximum absolute atomic E-state index is 5.75. The monoisotopic (exact) mass is 188 g/mol. The van der Waals surface area contributed by atoms with Gasteiger partial charge in [-0.05, 0) is 30.5 Å². The van der Waals surface area contributed by atoms with Crippen molar-refractivity contribution < 1.29 is 4.42 Å². The van der Waals surface area contributed by atoms with Crippen molar-refractivity contribution in [1.29, 1.82) is 0 Å². The van der Waals surface area contributed by atoms with E-state index >= 15 is 0 Å². The van der Waals surface area contributed by atoms with Crippen LogP contribution in [0.5, 0.6) is 0 Å². The molecule has 0 spiro atoms. The third-order valence-corrected chi connectivity index (χ3v) is 2.54. The fraction of sp³-hybridized carbons (Fsp3) is 0.385. The Morgan fingerprint density at radius 3 is 2.71 bits per heavy atom. The van der Waals surface area contributed by atoms with E-state index < -0.39 is 0 Å². The Morgan fingerprint density at radius 1 is 1.14 bits per heavy atom. The fourth-order valence-electron chi connectivity index (χ4n) is 1.72. The summed E-state index contributed by atoms with van der Waals surface area (Å²) in [4.78, 5) is 0. The second-order valence-corrected chi connectivity index (χ2v) is 3.69. The molecule has 1 nitrogen and oxygen atoms in total.